The van der Waals surface area contributed by atoms with Crippen LogP contribution in [0.2, 0.25) is 0 Å². The molecule has 1 aliphatic heterocycles. The molecule has 0 aliphatic carbocycles. The zero-order chi connectivity index (χ0) is 15.1. The van der Waals surface area contributed by atoms with Gasteiger partial charge >= 0.3 is 0 Å². The van der Waals surface area contributed by atoms with Crippen LogP contribution in [0.1, 0.15) is 50.5 Å². The first-order chi connectivity index (χ1) is 10.2. The number of carbonyl (C=O) groups is 1. The monoisotopic (exact) mass is 293 g/mol. The van der Waals surface area contributed by atoms with Crippen molar-refractivity contribution in [3.63, 3.8) is 0 Å². The standard InChI is InChI=1S/C17H24FNO2/c1-2-4-14(13-6-8-15(18)9-7-13)11-17(20)19-12-16-5-3-10-21-16/h6-9,14,16H,2-5,10-12H2,1H3,(H,19,20). The Hall–Kier alpha value is -1.42. The molecule has 4 heteroatoms. The number of nitrogens with one attached hydrogen (secondary N) is 1. The van der Waals surface area contributed by atoms with E-state index in [4.69, 9.17) is 4.74 Å². The Balaban J connectivity index is 1.86. The van der Waals surface area contributed by atoms with Gasteiger partial charge in [0.25, 0.3) is 0 Å². The Labute approximate surface area is 125 Å². The van der Waals surface area contributed by atoms with Crippen molar-refractivity contribution < 1.29 is 13.9 Å². The predicted molar refractivity (Wildman–Crippen MR) is 80.6 cm³/mol. The van der Waals surface area contributed by atoms with E-state index in [0.717, 1.165) is 37.9 Å². The van der Waals surface area contributed by atoms with Gasteiger partial charge in [-0.15, -0.1) is 0 Å². The molecule has 1 heterocycles. The van der Waals surface area contributed by atoms with Crippen molar-refractivity contribution in [1.29, 1.82) is 0 Å². The summed E-state index contributed by atoms with van der Waals surface area (Å²) in [6, 6.07) is 6.48. The van der Waals surface area contributed by atoms with E-state index >= 15 is 0 Å². The summed E-state index contributed by atoms with van der Waals surface area (Å²) in [5.74, 6) is -0.0368. The molecule has 2 atom stereocenters. The van der Waals surface area contributed by atoms with Gasteiger partial charge in [0.15, 0.2) is 0 Å². The highest BCUT2D eigenvalue weighted by Crippen LogP contribution is 2.25. The van der Waals surface area contributed by atoms with Crippen LogP contribution >= 0.6 is 0 Å². The lowest BCUT2D eigenvalue weighted by Crippen LogP contribution is -2.32. The molecule has 1 amide bonds. The van der Waals surface area contributed by atoms with Crippen molar-refractivity contribution in [2.45, 2.75) is 51.0 Å². The lowest BCUT2D eigenvalue weighted by Gasteiger charge is -2.17. The van der Waals surface area contributed by atoms with Crippen LogP contribution in [-0.2, 0) is 9.53 Å². The van der Waals surface area contributed by atoms with E-state index in [1.807, 2.05) is 0 Å². The summed E-state index contributed by atoms with van der Waals surface area (Å²) in [4.78, 5) is 12.1. The van der Waals surface area contributed by atoms with Gasteiger partial charge in [-0.1, -0.05) is 25.5 Å². The van der Waals surface area contributed by atoms with Gasteiger partial charge in [-0.2, -0.15) is 0 Å². The average Bonchev–Trinajstić information content (AvgIpc) is 2.99. The van der Waals surface area contributed by atoms with Gasteiger partial charge in [-0.3, -0.25) is 4.79 Å². The molecular formula is C17H24FNO2. The van der Waals surface area contributed by atoms with Crippen LogP contribution in [0.15, 0.2) is 24.3 Å². The first-order valence-electron chi connectivity index (χ1n) is 7.82. The number of carbonyl (C=O) groups excluding carboxylic acids is 1. The topological polar surface area (TPSA) is 38.3 Å². The van der Waals surface area contributed by atoms with Crippen molar-refractivity contribution in [1.82, 2.24) is 5.32 Å². The summed E-state index contributed by atoms with van der Waals surface area (Å²) in [5.41, 5.74) is 1.03. The van der Waals surface area contributed by atoms with Crippen LogP contribution < -0.4 is 5.32 Å². The Morgan fingerprint density at radius 1 is 1.43 bits per heavy atom. The second-order valence-electron chi connectivity index (χ2n) is 5.68. The van der Waals surface area contributed by atoms with Gasteiger partial charge in [0.2, 0.25) is 5.91 Å². The molecule has 2 rings (SSSR count). The second-order valence-corrected chi connectivity index (χ2v) is 5.68. The van der Waals surface area contributed by atoms with E-state index in [9.17, 15) is 9.18 Å². The largest absolute Gasteiger partial charge is 0.376 e. The van der Waals surface area contributed by atoms with Crippen LogP contribution in [0.3, 0.4) is 0 Å². The summed E-state index contributed by atoms with van der Waals surface area (Å²) in [6.07, 6.45) is 4.65. The molecule has 2 unspecified atom stereocenters. The highest BCUT2D eigenvalue weighted by Gasteiger charge is 2.19. The van der Waals surface area contributed by atoms with Gasteiger partial charge in [0.05, 0.1) is 6.10 Å². The van der Waals surface area contributed by atoms with E-state index in [0.29, 0.717) is 13.0 Å². The quantitative estimate of drug-likeness (QED) is 0.837. The third kappa shape index (κ3) is 5.12. The number of amides is 1. The summed E-state index contributed by atoms with van der Waals surface area (Å²) in [7, 11) is 0. The summed E-state index contributed by atoms with van der Waals surface area (Å²) < 4.78 is 18.5. The molecule has 116 valence electrons. The van der Waals surface area contributed by atoms with Crippen molar-refractivity contribution in [2.75, 3.05) is 13.2 Å². The minimum atomic E-state index is -0.239. The molecule has 0 aromatic heterocycles. The fourth-order valence-electron chi connectivity index (χ4n) is 2.80. The summed E-state index contributed by atoms with van der Waals surface area (Å²) in [5, 5.41) is 2.96. The maximum atomic E-state index is 13.0. The maximum absolute atomic E-state index is 13.0. The minimum Gasteiger partial charge on any atom is -0.376 e. The van der Waals surface area contributed by atoms with E-state index < -0.39 is 0 Å². The number of ether oxygens (including phenoxy) is 1. The number of halogens is 1. The van der Waals surface area contributed by atoms with Crippen molar-refractivity contribution in [2.24, 2.45) is 0 Å². The predicted octanol–water partition coefficient (Wildman–Crippen LogP) is 3.39. The molecule has 1 aromatic carbocycles. The van der Waals surface area contributed by atoms with Crippen LogP contribution in [0.25, 0.3) is 0 Å². The minimum absolute atomic E-state index is 0.0493. The van der Waals surface area contributed by atoms with Gasteiger partial charge in [0, 0.05) is 19.6 Å². The molecule has 1 fully saturated rings. The van der Waals surface area contributed by atoms with Gasteiger partial charge < -0.3 is 10.1 Å². The molecule has 3 nitrogen and oxygen atoms in total. The Morgan fingerprint density at radius 2 is 2.19 bits per heavy atom. The highest BCUT2D eigenvalue weighted by atomic mass is 19.1. The van der Waals surface area contributed by atoms with Crippen molar-refractivity contribution in [3.8, 4) is 0 Å². The Morgan fingerprint density at radius 3 is 2.81 bits per heavy atom. The summed E-state index contributed by atoms with van der Waals surface area (Å²) >= 11 is 0. The third-order valence-electron chi connectivity index (χ3n) is 3.96. The van der Waals surface area contributed by atoms with E-state index in [-0.39, 0.29) is 23.7 Å². The smallest absolute Gasteiger partial charge is 0.220 e. The average molecular weight is 293 g/mol. The number of hydrogen-bond donors (Lipinski definition) is 1. The number of rotatable bonds is 7. The second kappa shape index (κ2) is 8.13. The Kier molecular flexibility index (Phi) is 6.18. The van der Waals surface area contributed by atoms with Crippen molar-refractivity contribution in [3.05, 3.63) is 35.6 Å². The van der Waals surface area contributed by atoms with E-state index in [1.54, 1.807) is 12.1 Å². The number of benzene rings is 1. The fourth-order valence-corrected chi connectivity index (χ4v) is 2.80. The van der Waals surface area contributed by atoms with Crippen LogP contribution in [0.4, 0.5) is 4.39 Å². The molecule has 0 bridgehead atoms. The third-order valence-corrected chi connectivity index (χ3v) is 3.96. The highest BCUT2D eigenvalue weighted by molar-refractivity contribution is 5.76. The SMILES string of the molecule is CCCC(CC(=O)NCC1CCCO1)c1ccc(F)cc1. The lowest BCUT2D eigenvalue weighted by atomic mass is 9.91. The molecule has 21 heavy (non-hydrogen) atoms. The Bertz CT molecular complexity index is 441. The fraction of sp³-hybridized carbons (Fsp3) is 0.588. The van der Waals surface area contributed by atoms with Crippen LogP contribution in [0.5, 0.6) is 0 Å². The molecule has 0 saturated carbocycles. The molecule has 1 aromatic rings. The molecular weight excluding hydrogens is 269 g/mol. The van der Waals surface area contributed by atoms with Crippen molar-refractivity contribution >= 4 is 5.91 Å². The van der Waals surface area contributed by atoms with Gasteiger partial charge in [0.1, 0.15) is 5.82 Å². The first kappa shape index (κ1) is 16.0. The zero-order valence-electron chi connectivity index (χ0n) is 12.6. The van der Waals surface area contributed by atoms with E-state index in [2.05, 4.69) is 12.2 Å². The van der Waals surface area contributed by atoms with Gasteiger partial charge in [-0.25, -0.2) is 4.39 Å². The normalized spacial score (nSPS) is 19.4. The van der Waals surface area contributed by atoms with Gasteiger partial charge in [-0.05, 0) is 42.9 Å². The van der Waals surface area contributed by atoms with Crippen LogP contribution in [0, 0.1) is 5.82 Å². The lowest BCUT2D eigenvalue weighted by molar-refractivity contribution is -0.122. The zero-order valence-corrected chi connectivity index (χ0v) is 12.6. The molecule has 0 radical (unpaired) electrons. The number of hydrogen-bond acceptors (Lipinski definition) is 2. The molecule has 1 N–H and O–H groups in total. The molecule has 0 spiro atoms. The maximum Gasteiger partial charge on any atom is 0.220 e. The molecule has 1 saturated heterocycles. The van der Waals surface area contributed by atoms with E-state index in [1.165, 1.54) is 12.1 Å². The summed E-state index contributed by atoms with van der Waals surface area (Å²) in [6.45, 7) is 3.50. The molecule has 1 aliphatic rings. The first-order valence-corrected chi connectivity index (χ1v) is 7.82. The van der Waals surface area contributed by atoms with Crippen LogP contribution in [-0.4, -0.2) is 25.2 Å².